The summed E-state index contributed by atoms with van der Waals surface area (Å²) < 4.78 is 6.57. The summed E-state index contributed by atoms with van der Waals surface area (Å²) in [6.07, 6.45) is 0. The summed E-state index contributed by atoms with van der Waals surface area (Å²) in [6, 6.07) is 68.3. The number of fused-ring (bicyclic) bond motifs is 7. The maximum atomic E-state index is 6.57. The fourth-order valence-corrected chi connectivity index (χ4v) is 9.26. The van der Waals surface area contributed by atoms with Crippen LogP contribution in [0.4, 0.5) is 34.1 Å². The Balaban J connectivity index is 1.05. The number of anilines is 6. The van der Waals surface area contributed by atoms with Gasteiger partial charge in [-0.15, -0.1) is 0 Å². The van der Waals surface area contributed by atoms with Crippen LogP contribution in [0.5, 0.6) is 11.5 Å². The predicted molar refractivity (Wildman–Crippen MR) is 239 cm³/mol. The lowest BCUT2D eigenvalue weighted by Crippen LogP contribution is -2.32. The highest BCUT2D eigenvalue weighted by Crippen LogP contribution is 2.60. The maximum absolute atomic E-state index is 6.57. The summed E-state index contributed by atoms with van der Waals surface area (Å²) in [5, 5.41) is 4.94. The first-order valence-electron chi connectivity index (χ1n) is 19.8. The molecule has 57 heavy (non-hydrogen) atoms. The lowest BCUT2D eigenvalue weighted by Gasteiger charge is -2.45. The number of rotatable bonds is 5. The second-order valence-electron chi connectivity index (χ2n) is 15.8. The van der Waals surface area contributed by atoms with Crippen LogP contribution in [0.1, 0.15) is 30.5 Å². The minimum absolute atomic E-state index is 0.206. The van der Waals surface area contributed by atoms with E-state index in [0.29, 0.717) is 0 Å². The quantitative estimate of drug-likeness (QED) is 0.164. The number of ether oxygens (including phenoxy) is 1. The molecule has 0 atom stereocenters. The monoisotopic (exact) mass is 732 g/mol. The average Bonchev–Trinajstić information content (AvgIpc) is 3.26. The number of hydrogen-bond donors (Lipinski definition) is 0. The van der Waals surface area contributed by atoms with Gasteiger partial charge in [0.1, 0.15) is 0 Å². The van der Waals surface area contributed by atoms with Gasteiger partial charge in [0.15, 0.2) is 11.5 Å². The van der Waals surface area contributed by atoms with Crippen LogP contribution in [0.3, 0.4) is 0 Å². The standard InChI is InChI=1S/C54H40N2O/c1-35-13-11-21-50-52(35)56-49-33-39(27-32-46(49)54(2,3)47-20-12-22-51(57-50)53(47)56)38-25-30-42(31-26-38)55(41-28-23-37(24-29-41)36-14-5-4-6-15-36)48-34-40-16-7-8-17-43(40)44-18-9-10-19-45(44)48/h4-34H,1-3H3. The molecule has 3 nitrogen and oxygen atoms in total. The number of aryl methyl sites for hydroxylation is 1. The molecule has 2 aliphatic rings. The number of para-hydroxylation sites is 2. The molecule has 11 rings (SSSR count). The van der Waals surface area contributed by atoms with Crippen molar-refractivity contribution in [1.29, 1.82) is 0 Å². The van der Waals surface area contributed by atoms with Crippen molar-refractivity contribution in [3.05, 3.63) is 205 Å². The molecular formula is C54H40N2O. The second kappa shape index (κ2) is 12.7. The highest BCUT2D eigenvalue weighted by molar-refractivity contribution is 6.14. The molecule has 272 valence electrons. The largest absolute Gasteiger partial charge is 0.453 e. The lowest BCUT2D eigenvalue weighted by molar-refractivity contribution is 0.471. The van der Waals surface area contributed by atoms with Gasteiger partial charge in [-0.25, -0.2) is 0 Å². The zero-order valence-electron chi connectivity index (χ0n) is 32.2. The van der Waals surface area contributed by atoms with Gasteiger partial charge in [-0.05, 0) is 111 Å². The molecule has 0 fully saturated rings. The van der Waals surface area contributed by atoms with E-state index in [-0.39, 0.29) is 5.41 Å². The molecule has 0 bridgehead atoms. The number of hydrogen-bond acceptors (Lipinski definition) is 3. The van der Waals surface area contributed by atoms with Gasteiger partial charge >= 0.3 is 0 Å². The third-order valence-electron chi connectivity index (χ3n) is 12.1. The third kappa shape index (κ3) is 5.19. The van der Waals surface area contributed by atoms with E-state index in [1.165, 1.54) is 66.2 Å². The van der Waals surface area contributed by atoms with E-state index in [1.54, 1.807) is 0 Å². The first-order valence-corrected chi connectivity index (χ1v) is 19.8. The molecule has 3 heteroatoms. The number of nitrogens with zero attached hydrogens (tertiary/aromatic N) is 2. The van der Waals surface area contributed by atoms with Crippen LogP contribution in [0.2, 0.25) is 0 Å². The normalized spacial score (nSPS) is 13.4. The van der Waals surface area contributed by atoms with E-state index >= 15 is 0 Å². The highest BCUT2D eigenvalue weighted by atomic mass is 16.5. The molecule has 2 heterocycles. The van der Waals surface area contributed by atoms with Crippen LogP contribution in [0.15, 0.2) is 188 Å². The van der Waals surface area contributed by atoms with Crippen LogP contribution < -0.4 is 14.5 Å². The molecule has 0 unspecified atom stereocenters. The van der Waals surface area contributed by atoms with Crippen molar-refractivity contribution in [1.82, 2.24) is 0 Å². The summed E-state index contributed by atoms with van der Waals surface area (Å²) >= 11 is 0. The molecule has 0 saturated carbocycles. The van der Waals surface area contributed by atoms with Crippen LogP contribution in [0, 0.1) is 6.92 Å². The van der Waals surface area contributed by atoms with Crippen molar-refractivity contribution < 1.29 is 4.74 Å². The van der Waals surface area contributed by atoms with Crippen LogP contribution in [-0.2, 0) is 5.41 Å². The average molecular weight is 733 g/mol. The third-order valence-corrected chi connectivity index (χ3v) is 12.1. The summed E-state index contributed by atoms with van der Waals surface area (Å²) in [5.74, 6) is 1.79. The van der Waals surface area contributed by atoms with Gasteiger partial charge in [0, 0.05) is 22.2 Å². The van der Waals surface area contributed by atoms with E-state index in [1.807, 2.05) is 0 Å². The van der Waals surface area contributed by atoms with E-state index < -0.39 is 0 Å². The fourth-order valence-electron chi connectivity index (χ4n) is 9.26. The summed E-state index contributed by atoms with van der Waals surface area (Å²) in [6.45, 7) is 6.84. The Morgan fingerprint density at radius 1 is 0.456 bits per heavy atom. The smallest absolute Gasteiger partial charge is 0.151 e. The molecule has 0 spiro atoms. The highest BCUT2D eigenvalue weighted by Gasteiger charge is 2.42. The van der Waals surface area contributed by atoms with E-state index in [4.69, 9.17) is 4.74 Å². The molecule has 0 aromatic heterocycles. The Labute approximate surface area is 333 Å². The van der Waals surface area contributed by atoms with Gasteiger partial charge in [0.2, 0.25) is 0 Å². The molecule has 9 aromatic rings. The second-order valence-corrected chi connectivity index (χ2v) is 15.8. The molecule has 2 aliphatic heterocycles. The Bertz CT molecular complexity index is 3020. The van der Waals surface area contributed by atoms with Gasteiger partial charge < -0.3 is 14.5 Å². The van der Waals surface area contributed by atoms with Gasteiger partial charge in [0.05, 0.1) is 22.7 Å². The molecule has 0 saturated heterocycles. The van der Waals surface area contributed by atoms with Gasteiger partial charge in [-0.2, -0.15) is 0 Å². The fraction of sp³-hybridized carbons (Fsp3) is 0.0741. The Morgan fingerprint density at radius 2 is 1.04 bits per heavy atom. The first kappa shape index (κ1) is 33.3. The summed E-state index contributed by atoms with van der Waals surface area (Å²) in [7, 11) is 0. The van der Waals surface area contributed by atoms with Gasteiger partial charge in [-0.1, -0.05) is 153 Å². The van der Waals surface area contributed by atoms with Crippen molar-refractivity contribution in [3.8, 4) is 33.8 Å². The Kier molecular flexibility index (Phi) is 7.42. The predicted octanol–water partition coefficient (Wildman–Crippen LogP) is 15.3. The van der Waals surface area contributed by atoms with E-state index in [0.717, 1.165) is 39.9 Å². The number of benzene rings is 9. The molecule has 0 radical (unpaired) electrons. The SMILES string of the molecule is Cc1cccc2c1N1c3cc(-c4ccc(N(c5ccc(-c6ccccc6)cc5)c5cc6ccccc6c6ccccc56)cc4)ccc3C(C)(C)c3cccc(c31)O2. The zero-order valence-corrected chi connectivity index (χ0v) is 32.2. The van der Waals surface area contributed by atoms with Gasteiger partial charge in [0.25, 0.3) is 0 Å². The molecular weight excluding hydrogens is 693 g/mol. The van der Waals surface area contributed by atoms with Crippen molar-refractivity contribution in [2.75, 3.05) is 9.80 Å². The summed E-state index contributed by atoms with van der Waals surface area (Å²) in [4.78, 5) is 4.86. The zero-order chi connectivity index (χ0) is 38.3. The van der Waals surface area contributed by atoms with Crippen molar-refractivity contribution in [2.24, 2.45) is 0 Å². The summed E-state index contributed by atoms with van der Waals surface area (Å²) in [5.41, 5.74) is 15.1. The topological polar surface area (TPSA) is 15.7 Å². The van der Waals surface area contributed by atoms with Crippen LogP contribution in [-0.4, -0.2) is 0 Å². The van der Waals surface area contributed by atoms with Crippen molar-refractivity contribution in [2.45, 2.75) is 26.2 Å². The van der Waals surface area contributed by atoms with E-state index in [2.05, 4.69) is 219 Å². The van der Waals surface area contributed by atoms with Crippen LogP contribution in [0.25, 0.3) is 43.8 Å². The van der Waals surface area contributed by atoms with Crippen molar-refractivity contribution in [3.63, 3.8) is 0 Å². The van der Waals surface area contributed by atoms with E-state index in [9.17, 15) is 0 Å². The van der Waals surface area contributed by atoms with Crippen molar-refractivity contribution >= 4 is 55.7 Å². The minimum Gasteiger partial charge on any atom is -0.453 e. The molecule has 0 amide bonds. The van der Waals surface area contributed by atoms with Crippen LogP contribution >= 0.6 is 0 Å². The maximum Gasteiger partial charge on any atom is 0.151 e. The molecule has 0 aliphatic carbocycles. The first-order chi connectivity index (χ1) is 27.9. The Hall–Kier alpha value is -7.10. The Morgan fingerprint density at radius 3 is 1.77 bits per heavy atom. The minimum atomic E-state index is -0.206. The lowest BCUT2D eigenvalue weighted by atomic mass is 9.72. The molecule has 0 N–H and O–H groups in total. The molecule has 9 aromatic carbocycles. The van der Waals surface area contributed by atoms with Gasteiger partial charge in [-0.3, -0.25) is 0 Å².